The Hall–Kier alpha value is -2.90. The Balaban J connectivity index is 0.000000271. The number of thiazole rings is 1. The summed E-state index contributed by atoms with van der Waals surface area (Å²) in [5, 5.41) is 15.8. The summed E-state index contributed by atoms with van der Waals surface area (Å²) < 4.78 is 29.1. The van der Waals surface area contributed by atoms with Crippen molar-refractivity contribution >= 4 is 44.7 Å². The van der Waals surface area contributed by atoms with Gasteiger partial charge in [0.1, 0.15) is 12.8 Å². The molecular formula is C12H12N4O7S2. The standard InChI is InChI=1S/C7H7N3O4S.C5H5NO3S/c1-14-10-5(6(12)13)4-2-15-7(9-4)8-3-11;7-10(8,9)5-3-1-2-4-6-5/h2-3H,1H3,(H,12,13)(H,8,9,11);1-4H,(H,7,8,9)/b10-5-;. The van der Waals surface area contributed by atoms with Crippen LogP contribution in [0, 0.1) is 0 Å². The number of aromatic nitrogens is 2. The molecule has 0 unspecified atom stereocenters. The first-order valence-corrected chi connectivity index (χ1v) is 8.50. The molecule has 1 amide bonds. The van der Waals surface area contributed by atoms with E-state index < -0.39 is 16.1 Å². The maximum absolute atomic E-state index is 10.7. The highest BCUT2D eigenvalue weighted by atomic mass is 32.2. The highest BCUT2D eigenvalue weighted by molar-refractivity contribution is 7.85. The molecule has 0 saturated heterocycles. The molecule has 2 rings (SSSR count). The number of amides is 1. The number of aliphatic carboxylic acids is 1. The van der Waals surface area contributed by atoms with E-state index in [1.807, 2.05) is 0 Å². The van der Waals surface area contributed by atoms with Crippen molar-refractivity contribution in [2.75, 3.05) is 12.4 Å². The van der Waals surface area contributed by atoms with Gasteiger partial charge in [-0.2, -0.15) is 8.42 Å². The van der Waals surface area contributed by atoms with Gasteiger partial charge >= 0.3 is 16.1 Å². The molecule has 0 spiro atoms. The van der Waals surface area contributed by atoms with Gasteiger partial charge in [0.25, 0.3) is 0 Å². The SMILES string of the molecule is CO/N=C(\C(=O)O)c1csc(NC=O)n1.O=S(=O)(O)c1ccccn1. The van der Waals surface area contributed by atoms with Crippen LogP contribution in [0.1, 0.15) is 5.69 Å². The van der Waals surface area contributed by atoms with Crippen molar-refractivity contribution in [3.63, 3.8) is 0 Å². The van der Waals surface area contributed by atoms with Gasteiger partial charge in [-0.1, -0.05) is 11.2 Å². The maximum atomic E-state index is 10.7. The van der Waals surface area contributed by atoms with E-state index in [9.17, 15) is 18.0 Å². The summed E-state index contributed by atoms with van der Waals surface area (Å²) >= 11 is 1.09. The Bertz CT molecular complexity index is 849. The van der Waals surface area contributed by atoms with Crippen molar-refractivity contribution < 1.29 is 32.5 Å². The van der Waals surface area contributed by atoms with Gasteiger partial charge in [0.2, 0.25) is 12.1 Å². The van der Waals surface area contributed by atoms with Crippen molar-refractivity contribution in [2.24, 2.45) is 5.16 Å². The molecule has 13 heteroatoms. The van der Waals surface area contributed by atoms with Gasteiger partial charge in [-0.3, -0.25) is 9.35 Å². The molecule has 0 aliphatic heterocycles. The molecule has 25 heavy (non-hydrogen) atoms. The topological polar surface area (TPSA) is 168 Å². The summed E-state index contributed by atoms with van der Waals surface area (Å²) in [6.45, 7) is 0. The number of nitrogens with zero attached hydrogens (tertiary/aromatic N) is 3. The van der Waals surface area contributed by atoms with Crippen LogP contribution in [0.25, 0.3) is 0 Å². The molecule has 2 heterocycles. The fourth-order valence-electron chi connectivity index (χ4n) is 1.29. The maximum Gasteiger partial charge on any atom is 0.360 e. The van der Waals surface area contributed by atoms with Crippen LogP contribution in [-0.2, 0) is 24.5 Å². The van der Waals surface area contributed by atoms with E-state index in [1.54, 1.807) is 6.07 Å². The van der Waals surface area contributed by atoms with E-state index in [4.69, 9.17) is 9.66 Å². The first-order valence-electron chi connectivity index (χ1n) is 6.18. The van der Waals surface area contributed by atoms with Crippen molar-refractivity contribution in [1.29, 1.82) is 0 Å². The number of carbonyl (C=O) groups excluding carboxylic acids is 1. The second kappa shape index (κ2) is 9.41. The van der Waals surface area contributed by atoms with Gasteiger partial charge in [0, 0.05) is 11.6 Å². The lowest BCUT2D eigenvalue weighted by Crippen LogP contribution is -2.15. The zero-order chi connectivity index (χ0) is 18.9. The lowest BCUT2D eigenvalue weighted by molar-refractivity contribution is -0.129. The van der Waals surface area contributed by atoms with Crippen LogP contribution in [0.15, 0.2) is 40.0 Å². The van der Waals surface area contributed by atoms with E-state index in [2.05, 4.69) is 25.3 Å². The number of rotatable bonds is 6. The van der Waals surface area contributed by atoms with Gasteiger partial charge in [-0.25, -0.2) is 14.8 Å². The Morgan fingerprint density at radius 2 is 2.16 bits per heavy atom. The normalized spacial score (nSPS) is 11.0. The molecular weight excluding hydrogens is 376 g/mol. The Kier molecular flexibility index (Phi) is 7.58. The quantitative estimate of drug-likeness (QED) is 0.276. The number of hydrogen-bond acceptors (Lipinski definition) is 9. The van der Waals surface area contributed by atoms with Gasteiger partial charge in [0.05, 0.1) is 0 Å². The number of nitrogens with one attached hydrogen (secondary N) is 1. The molecule has 134 valence electrons. The van der Waals surface area contributed by atoms with Gasteiger partial charge in [-0.05, 0) is 12.1 Å². The fourth-order valence-corrected chi connectivity index (χ4v) is 2.38. The summed E-state index contributed by atoms with van der Waals surface area (Å²) in [6.07, 6.45) is 1.75. The van der Waals surface area contributed by atoms with Crippen LogP contribution in [0.3, 0.4) is 0 Å². The number of pyridine rings is 1. The lowest BCUT2D eigenvalue weighted by Gasteiger charge is -1.94. The molecule has 0 atom stereocenters. The average Bonchev–Trinajstić information content (AvgIpc) is 3.01. The summed E-state index contributed by atoms with van der Waals surface area (Å²) in [5.41, 5.74) is -0.175. The summed E-state index contributed by atoms with van der Waals surface area (Å²) in [6, 6.07) is 4.26. The molecule has 0 aliphatic rings. The summed E-state index contributed by atoms with van der Waals surface area (Å²) in [5.74, 6) is -1.25. The highest BCUT2D eigenvalue weighted by Gasteiger charge is 2.17. The molecule has 0 bridgehead atoms. The van der Waals surface area contributed by atoms with Crippen molar-refractivity contribution in [3.8, 4) is 0 Å². The number of anilines is 1. The molecule has 0 saturated carbocycles. The van der Waals surface area contributed by atoms with Gasteiger partial charge in [0.15, 0.2) is 10.2 Å². The van der Waals surface area contributed by atoms with Crippen LogP contribution in [0.5, 0.6) is 0 Å². The lowest BCUT2D eigenvalue weighted by atomic mass is 10.3. The smallest absolute Gasteiger partial charge is 0.360 e. The summed E-state index contributed by atoms with van der Waals surface area (Å²) in [4.78, 5) is 32.4. The van der Waals surface area contributed by atoms with Crippen LogP contribution in [0.4, 0.5) is 5.13 Å². The van der Waals surface area contributed by atoms with E-state index >= 15 is 0 Å². The number of hydrogen-bond donors (Lipinski definition) is 3. The third kappa shape index (κ3) is 6.62. The van der Waals surface area contributed by atoms with Crippen molar-refractivity contribution in [1.82, 2.24) is 9.97 Å². The molecule has 3 N–H and O–H groups in total. The Morgan fingerprint density at radius 3 is 2.60 bits per heavy atom. The summed E-state index contributed by atoms with van der Waals surface area (Å²) in [7, 11) is -2.88. The van der Waals surface area contributed by atoms with Crippen LogP contribution < -0.4 is 5.32 Å². The fraction of sp³-hybridized carbons (Fsp3) is 0.0833. The van der Waals surface area contributed by atoms with Crippen LogP contribution >= 0.6 is 11.3 Å². The van der Waals surface area contributed by atoms with Gasteiger partial charge < -0.3 is 15.3 Å². The van der Waals surface area contributed by atoms with E-state index in [0.29, 0.717) is 11.5 Å². The van der Waals surface area contributed by atoms with Crippen LogP contribution in [-0.4, -0.2) is 53.2 Å². The van der Waals surface area contributed by atoms with E-state index in [0.717, 1.165) is 11.3 Å². The minimum absolute atomic E-state index is 0.138. The highest BCUT2D eigenvalue weighted by Crippen LogP contribution is 2.15. The Morgan fingerprint density at radius 1 is 1.44 bits per heavy atom. The molecule has 0 aliphatic carbocycles. The first-order chi connectivity index (χ1) is 11.8. The van der Waals surface area contributed by atoms with E-state index in [-0.39, 0.29) is 16.4 Å². The second-order valence-corrected chi connectivity index (χ2v) is 6.10. The molecule has 2 aromatic rings. The molecule has 0 radical (unpaired) electrons. The number of carboxylic acid groups (broad SMARTS) is 1. The zero-order valence-corrected chi connectivity index (χ0v) is 14.2. The number of carboxylic acids is 1. The zero-order valence-electron chi connectivity index (χ0n) is 12.6. The van der Waals surface area contributed by atoms with Crippen molar-refractivity contribution in [3.05, 3.63) is 35.5 Å². The first kappa shape index (κ1) is 20.1. The third-order valence-electron chi connectivity index (χ3n) is 2.22. The molecule has 0 fully saturated rings. The predicted molar refractivity (Wildman–Crippen MR) is 87.0 cm³/mol. The van der Waals surface area contributed by atoms with Crippen LogP contribution in [0.2, 0.25) is 0 Å². The number of carbonyl (C=O) groups is 2. The average molecular weight is 388 g/mol. The minimum atomic E-state index is -4.11. The third-order valence-corrected chi connectivity index (χ3v) is 3.76. The predicted octanol–water partition coefficient (Wildman–Crippen LogP) is 0.475. The molecule has 2 aromatic heterocycles. The monoisotopic (exact) mass is 388 g/mol. The molecule has 0 aromatic carbocycles. The largest absolute Gasteiger partial charge is 0.476 e. The Labute approximate surface area is 145 Å². The minimum Gasteiger partial charge on any atom is -0.476 e. The van der Waals surface area contributed by atoms with E-state index in [1.165, 1.54) is 30.8 Å². The van der Waals surface area contributed by atoms with Crippen molar-refractivity contribution in [2.45, 2.75) is 5.03 Å². The number of oxime groups is 1. The molecule has 11 nitrogen and oxygen atoms in total. The van der Waals surface area contributed by atoms with Gasteiger partial charge in [-0.15, -0.1) is 11.3 Å². The second-order valence-electron chi connectivity index (χ2n) is 3.87.